The first kappa shape index (κ1) is 21.9. The lowest BCUT2D eigenvalue weighted by Crippen LogP contribution is -2.33. The molecule has 1 N–H and O–H groups in total. The van der Waals surface area contributed by atoms with E-state index in [0.717, 1.165) is 5.56 Å². The normalized spacial score (nSPS) is 12.6. The second kappa shape index (κ2) is 9.79. The Balaban J connectivity index is 1.54. The van der Waals surface area contributed by atoms with E-state index < -0.39 is 23.9 Å². The molecule has 2 heterocycles. The van der Waals surface area contributed by atoms with Crippen molar-refractivity contribution < 1.29 is 38.1 Å². The highest BCUT2D eigenvalue weighted by Gasteiger charge is 2.22. The number of esters is 2. The molecule has 0 saturated heterocycles. The van der Waals surface area contributed by atoms with Gasteiger partial charge in [-0.15, -0.1) is 0 Å². The molecule has 0 aliphatic carbocycles. The van der Waals surface area contributed by atoms with Gasteiger partial charge in [0.15, 0.2) is 22.9 Å². The predicted molar refractivity (Wildman–Crippen MR) is 106 cm³/mol. The Morgan fingerprint density at radius 3 is 2.71 bits per heavy atom. The van der Waals surface area contributed by atoms with Gasteiger partial charge in [-0.2, -0.15) is 0 Å². The Morgan fingerprint density at radius 2 is 1.97 bits per heavy atom. The summed E-state index contributed by atoms with van der Waals surface area (Å²) >= 11 is 0. The third-order valence-electron chi connectivity index (χ3n) is 4.24. The van der Waals surface area contributed by atoms with Crippen molar-refractivity contribution in [3.05, 3.63) is 41.7 Å². The molecular formula is C21H22N2O8. The second-order valence-corrected chi connectivity index (χ2v) is 6.66. The van der Waals surface area contributed by atoms with E-state index in [1.807, 2.05) is 12.1 Å². The Kier molecular flexibility index (Phi) is 6.91. The molecule has 31 heavy (non-hydrogen) atoms. The lowest BCUT2D eigenvalue weighted by atomic mass is 10.1. The number of ether oxygens (including phenoxy) is 5. The standard InChI is InChI=1S/C21H22N2O8/c1-12(8-14-4-5-15-17(9-14)29-11-28-15)30-18(25)10-23-21(26)19-20(31-13(2)24)16(27-3)6-7-22-19/h4-7,9,12H,8,10-11H2,1-3H3,(H,23,26). The molecule has 10 nitrogen and oxygen atoms in total. The summed E-state index contributed by atoms with van der Waals surface area (Å²) in [5.74, 6) is -0.617. The number of pyridine rings is 1. The van der Waals surface area contributed by atoms with Gasteiger partial charge in [0.25, 0.3) is 5.91 Å². The zero-order valence-corrected chi connectivity index (χ0v) is 17.3. The molecule has 1 aromatic heterocycles. The Morgan fingerprint density at radius 1 is 1.19 bits per heavy atom. The first-order valence-electron chi connectivity index (χ1n) is 9.45. The van der Waals surface area contributed by atoms with Crippen molar-refractivity contribution in [2.75, 3.05) is 20.4 Å². The van der Waals surface area contributed by atoms with Crippen LogP contribution in [0.2, 0.25) is 0 Å². The molecule has 3 rings (SSSR count). The average Bonchev–Trinajstić information content (AvgIpc) is 3.19. The van der Waals surface area contributed by atoms with Crippen LogP contribution in [-0.4, -0.2) is 49.4 Å². The molecule has 0 bridgehead atoms. The molecule has 10 heteroatoms. The Bertz CT molecular complexity index is 991. The van der Waals surface area contributed by atoms with E-state index in [2.05, 4.69) is 10.3 Å². The van der Waals surface area contributed by atoms with Crippen molar-refractivity contribution in [3.63, 3.8) is 0 Å². The van der Waals surface area contributed by atoms with Crippen LogP contribution in [0.4, 0.5) is 0 Å². The van der Waals surface area contributed by atoms with Crippen LogP contribution in [-0.2, 0) is 20.7 Å². The van der Waals surface area contributed by atoms with Crippen LogP contribution in [0, 0.1) is 0 Å². The van der Waals surface area contributed by atoms with Gasteiger partial charge < -0.3 is 29.0 Å². The molecule has 1 atom stereocenters. The van der Waals surface area contributed by atoms with Gasteiger partial charge in [0.2, 0.25) is 12.5 Å². The molecule has 1 aliphatic rings. The van der Waals surface area contributed by atoms with E-state index in [0.29, 0.717) is 17.9 Å². The molecule has 164 valence electrons. The van der Waals surface area contributed by atoms with Crippen molar-refractivity contribution >= 4 is 17.8 Å². The quantitative estimate of drug-likeness (QED) is 0.623. The zero-order valence-electron chi connectivity index (χ0n) is 17.3. The maximum absolute atomic E-state index is 12.5. The van der Waals surface area contributed by atoms with Gasteiger partial charge in [-0.1, -0.05) is 6.07 Å². The van der Waals surface area contributed by atoms with Crippen molar-refractivity contribution in [2.45, 2.75) is 26.4 Å². The number of benzene rings is 1. The summed E-state index contributed by atoms with van der Waals surface area (Å²) in [6, 6.07) is 6.94. The number of methoxy groups -OCH3 is 1. The van der Waals surface area contributed by atoms with Gasteiger partial charge in [-0.3, -0.25) is 14.4 Å². The van der Waals surface area contributed by atoms with E-state index in [4.69, 9.17) is 23.7 Å². The first-order chi connectivity index (χ1) is 14.9. The fourth-order valence-electron chi connectivity index (χ4n) is 2.94. The van der Waals surface area contributed by atoms with E-state index in [1.54, 1.807) is 13.0 Å². The first-order valence-corrected chi connectivity index (χ1v) is 9.45. The summed E-state index contributed by atoms with van der Waals surface area (Å²) in [4.78, 5) is 39.8. The maximum atomic E-state index is 12.5. The van der Waals surface area contributed by atoms with Gasteiger partial charge >= 0.3 is 11.9 Å². The summed E-state index contributed by atoms with van der Waals surface area (Å²) in [6.07, 6.45) is 1.35. The minimum Gasteiger partial charge on any atom is -0.493 e. The number of hydrogen-bond donors (Lipinski definition) is 1. The Hall–Kier alpha value is -3.82. The van der Waals surface area contributed by atoms with Crippen LogP contribution >= 0.6 is 0 Å². The van der Waals surface area contributed by atoms with Crippen LogP contribution in [0.25, 0.3) is 0 Å². The van der Waals surface area contributed by atoms with Gasteiger partial charge in [0.1, 0.15) is 12.6 Å². The zero-order chi connectivity index (χ0) is 22.4. The van der Waals surface area contributed by atoms with Gasteiger partial charge in [0.05, 0.1) is 7.11 Å². The summed E-state index contributed by atoms with van der Waals surface area (Å²) in [5, 5.41) is 2.41. The SMILES string of the molecule is COc1ccnc(C(=O)NCC(=O)OC(C)Cc2ccc3c(c2)OCO3)c1OC(C)=O. The second-order valence-electron chi connectivity index (χ2n) is 6.66. The molecule has 0 spiro atoms. The number of rotatable bonds is 8. The lowest BCUT2D eigenvalue weighted by Gasteiger charge is -2.15. The third kappa shape index (κ3) is 5.62. The predicted octanol–water partition coefficient (Wildman–Crippen LogP) is 1.65. The van der Waals surface area contributed by atoms with Crippen molar-refractivity contribution in [1.82, 2.24) is 10.3 Å². The van der Waals surface area contributed by atoms with E-state index in [9.17, 15) is 14.4 Å². The topological polar surface area (TPSA) is 122 Å². The van der Waals surface area contributed by atoms with E-state index >= 15 is 0 Å². The van der Waals surface area contributed by atoms with E-state index in [-0.39, 0.29) is 30.5 Å². The fraction of sp³-hybridized carbons (Fsp3) is 0.333. The largest absolute Gasteiger partial charge is 0.493 e. The van der Waals surface area contributed by atoms with Crippen molar-refractivity contribution in [1.29, 1.82) is 0 Å². The van der Waals surface area contributed by atoms with Crippen LogP contribution in [0.5, 0.6) is 23.0 Å². The number of fused-ring (bicyclic) bond motifs is 1. The van der Waals surface area contributed by atoms with Gasteiger partial charge in [-0.05, 0) is 24.6 Å². The van der Waals surface area contributed by atoms with Crippen LogP contribution < -0.4 is 24.3 Å². The summed E-state index contributed by atoms with van der Waals surface area (Å²) < 4.78 is 26.1. The minimum absolute atomic E-state index is 0.125. The smallest absolute Gasteiger partial charge is 0.325 e. The molecule has 0 saturated carbocycles. The number of aromatic nitrogens is 1. The monoisotopic (exact) mass is 430 g/mol. The molecule has 0 radical (unpaired) electrons. The molecule has 1 amide bonds. The van der Waals surface area contributed by atoms with Gasteiger partial charge in [-0.25, -0.2) is 4.98 Å². The number of hydrogen-bond acceptors (Lipinski definition) is 9. The Labute approximate surface area is 178 Å². The number of nitrogens with one attached hydrogen (secondary N) is 1. The summed E-state index contributed by atoms with van der Waals surface area (Å²) in [5.41, 5.74) is 0.732. The van der Waals surface area contributed by atoms with Gasteiger partial charge in [0, 0.05) is 25.6 Å². The van der Waals surface area contributed by atoms with Crippen LogP contribution in [0.15, 0.2) is 30.5 Å². The molecular weight excluding hydrogens is 408 g/mol. The lowest BCUT2D eigenvalue weighted by molar-refractivity contribution is -0.146. The fourth-order valence-corrected chi connectivity index (χ4v) is 2.94. The van der Waals surface area contributed by atoms with Crippen molar-refractivity contribution in [3.8, 4) is 23.0 Å². The highest BCUT2D eigenvalue weighted by atomic mass is 16.7. The highest BCUT2D eigenvalue weighted by molar-refractivity contribution is 5.98. The van der Waals surface area contributed by atoms with Crippen LogP contribution in [0.1, 0.15) is 29.9 Å². The summed E-state index contributed by atoms with van der Waals surface area (Å²) in [6.45, 7) is 2.73. The molecule has 2 aromatic rings. The molecule has 1 aromatic carbocycles. The number of nitrogens with zero attached hydrogens (tertiary/aromatic N) is 1. The number of carbonyl (C=O) groups excluding carboxylic acids is 3. The maximum Gasteiger partial charge on any atom is 0.325 e. The molecule has 1 aliphatic heterocycles. The molecule has 0 fully saturated rings. The number of amides is 1. The summed E-state index contributed by atoms with van der Waals surface area (Å²) in [7, 11) is 1.36. The average molecular weight is 430 g/mol. The number of carbonyl (C=O) groups is 3. The molecule has 1 unspecified atom stereocenters. The minimum atomic E-state index is -0.712. The third-order valence-corrected chi connectivity index (χ3v) is 4.24. The van der Waals surface area contributed by atoms with Crippen LogP contribution in [0.3, 0.4) is 0 Å². The van der Waals surface area contributed by atoms with Crippen molar-refractivity contribution in [2.24, 2.45) is 0 Å². The highest BCUT2D eigenvalue weighted by Crippen LogP contribution is 2.33. The van der Waals surface area contributed by atoms with E-state index in [1.165, 1.54) is 26.3 Å².